The summed E-state index contributed by atoms with van der Waals surface area (Å²) in [5.74, 6) is 0. The Labute approximate surface area is 106 Å². The molecule has 92 valence electrons. The number of hydrogen-bond acceptors (Lipinski definition) is 4. The first-order valence-electron chi connectivity index (χ1n) is 5.71. The van der Waals surface area contributed by atoms with Crippen LogP contribution in [0, 0.1) is 11.3 Å². The molecule has 3 N–H and O–H groups in total. The van der Waals surface area contributed by atoms with E-state index < -0.39 is 0 Å². The standard InChI is InChI=1S/C13H15N5/c1-18-8-6-11(17-18)5-7-16-12-4-2-3-10(9-14)13(12)15/h2-4,6,8,16H,5,7,15H2,1H3. The fraction of sp³-hybridized carbons (Fsp3) is 0.231. The van der Waals surface area contributed by atoms with Crippen molar-refractivity contribution in [3.63, 3.8) is 0 Å². The van der Waals surface area contributed by atoms with Gasteiger partial charge in [-0.25, -0.2) is 0 Å². The van der Waals surface area contributed by atoms with E-state index in [2.05, 4.69) is 16.5 Å². The van der Waals surface area contributed by atoms with Crippen LogP contribution in [0.25, 0.3) is 0 Å². The topological polar surface area (TPSA) is 79.7 Å². The van der Waals surface area contributed by atoms with Crippen LogP contribution in [0.4, 0.5) is 11.4 Å². The summed E-state index contributed by atoms with van der Waals surface area (Å²) in [6.07, 6.45) is 2.73. The lowest BCUT2D eigenvalue weighted by Crippen LogP contribution is -2.08. The van der Waals surface area contributed by atoms with Crippen LogP contribution in [-0.2, 0) is 13.5 Å². The number of nitrogens with one attached hydrogen (secondary N) is 1. The van der Waals surface area contributed by atoms with Gasteiger partial charge in [0.25, 0.3) is 0 Å². The van der Waals surface area contributed by atoms with Crippen LogP contribution >= 0.6 is 0 Å². The number of nitrogens with two attached hydrogens (primary N) is 1. The number of rotatable bonds is 4. The van der Waals surface area contributed by atoms with Crippen LogP contribution in [0.3, 0.4) is 0 Å². The third-order valence-corrected chi connectivity index (χ3v) is 2.69. The zero-order valence-corrected chi connectivity index (χ0v) is 10.2. The normalized spacial score (nSPS) is 10.0. The van der Waals surface area contributed by atoms with E-state index in [0.717, 1.165) is 24.3 Å². The molecule has 0 amide bonds. The van der Waals surface area contributed by atoms with Gasteiger partial charge in [-0.2, -0.15) is 10.4 Å². The van der Waals surface area contributed by atoms with E-state index in [1.807, 2.05) is 31.4 Å². The molecule has 0 saturated carbocycles. The van der Waals surface area contributed by atoms with Crippen molar-refractivity contribution in [3.8, 4) is 6.07 Å². The molecule has 18 heavy (non-hydrogen) atoms. The molecule has 0 radical (unpaired) electrons. The molecule has 5 heteroatoms. The Balaban J connectivity index is 1.97. The predicted octanol–water partition coefficient (Wildman–Crippen LogP) is 1.53. The number of nitrogen functional groups attached to an aromatic ring is 1. The van der Waals surface area contributed by atoms with Gasteiger partial charge in [-0.05, 0) is 18.2 Å². The van der Waals surface area contributed by atoms with Crippen molar-refractivity contribution in [3.05, 3.63) is 41.7 Å². The quantitative estimate of drug-likeness (QED) is 0.795. The molecule has 2 rings (SSSR count). The van der Waals surface area contributed by atoms with Crippen LogP contribution in [0.1, 0.15) is 11.3 Å². The van der Waals surface area contributed by atoms with Gasteiger partial charge >= 0.3 is 0 Å². The number of aryl methyl sites for hydroxylation is 1. The number of nitrogens with zero attached hydrogens (tertiary/aromatic N) is 3. The number of anilines is 2. The Hall–Kier alpha value is -2.48. The molecule has 0 saturated heterocycles. The Morgan fingerprint density at radius 3 is 2.94 bits per heavy atom. The summed E-state index contributed by atoms with van der Waals surface area (Å²) in [6.45, 7) is 0.732. The smallest absolute Gasteiger partial charge is 0.101 e. The highest BCUT2D eigenvalue weighted by Gasteiger charge is 2.04. The molecule has 0 fully saturated rings. The van der Waals surface area contributed by atoms with Crippen molar-refractivity contribution in [2.24, 2.45) is 7.05 Å². The number of hydrogen-bond donors (Lipinski definition) is 2. The van der Waals surface area contributed by atoms with Crippen LogP contribution in [0.2, 0.25) is 0 Å². The monoisotopic (exact) mass is 241 g/mol. The number of benzene rings is 1. The predicted molar refractivity (Wildman–Crippen MR) is 71.0 cm³/mol. The van der Waals surface area contributed by atoms with Crippen molar-refractivity contribution < 1.29 is 0 Å². The molecule has 0 aliphatic rings. The van der Waals surface area contributed by atoms with Gasteiger partial charge in [0, 0.05) is 26.2 Å². The summed E-state index contributed by atoms with van der Waals surface area (Å²) in [4.78, 5) is 0. The average Bonchev–Trinajstić information content (AvgIpc) is 2.77. The lowest BCUT2D eigenvalue weighted by molar-refractivity contribution is 0.742. The molecule has 0 atom stereocenters. The van der Waals surface area contributed by atoms with Gasteiger partial charge in [-0.3, -0.25) is 4.68 Å². The Bertz CT molecular complexity index is 579. The van der Waals surface area contributed by atoms with Crippen molar-refractivity contribution >= 4 is 11.4 Å². The minimum absolute atomic E-state index is 0.498. The highest BCUT2D eigenvalue weighted by atomic mass is 15.2. The summed E-state index contributed by atoms with van der Waals surface area (Å²) in [7, 11) is 1.89. The third-order valence-electron chi connectivity index (χ3n) is 2.69. The molecular weight excluding hydrogens is 226 g/mol. The summed E-state index contributed by atoms with van der Waals surface area (Å²) < 4.78 is 1.78. The first-order chi connectivity index (χ1) is 8.70. The van der Waals surface area contributed by atoms with E-state index in [9.17, 15) is 0 Å². The second kappa shape index (κ2) is 5.23. The summed E-state index contributed by atoms with van der Waals surface area (Å²) in [6, 6.07) is 9.44. The summed E-state index contributed by atoms with van der Waals surface area (Å²) in [5.41, 5.74) is 8.70. The SMILES string of the molecule is Cn1ccc(CCNc2cccc(C#N)c2N)n1. The molecular formula is C13H15N5. The first-order valence-corrected chi connectivity index (χ1v) is 5.71. The van der Waals surface area contributed by atoms with Crippen LogP contribution in [0.5, 0.6) is 0 Å². The van der Waals surface area contributed by atoms with E-state index in [4.69, 9.17) is 11.0 Å². The molecule has 1 aromatic heterocycles. The summed E-state index contributed by atoms with van der Waals surface area (Å²) in [5, 5.41) is 16.4. The molecule has 0 spiro atoms. The van der Waals surface area contributed by atoms with Gasteiger partial charge in [0.05, 0.1) is 22.6 Å². The zero-order chi connectivity index (χ0) is 13.0. The van der Waals surface area contributed by atoms with Crippen molar-refractivity contribution in [1.29, 1.82) is 5.26 Å². The van der Waals surface area contributed by atoms with Gasteiger partial charge in [-0.1, -0.05) is 6.07 Å². The second-order valence-electron chi connectivity index (χ2n) is 4.04. The zero-order valence-electron chi connectivity index (χ0n) is 10.2. The molecule has 0 unspecified atom stereocenters. The fourth-order valence-corrected chi connectivity index (χ4v) is 1.74. The summed E-state index contributed by atoms with van der Waals surface area (Å²) >= 11 is 0. The lowest BCUT2D eigenvalue weighted by atomic mass is 10.1. The largest absolute Gasteiger partial charge is 0.396 e. The first kappa shape index (κ1) is 12.0. The molecule has 1 aromatic carbocycles. The van der Waals surface area contributed by atoms with Crippen molar-refractivity contribution in [2.75, 3.05) is 17.6 Å². The van der Waals surface area contributed by atoms with Gasteiger partial charge < -0.3 is 11.1 Å². The number of aromatic nitrogens is 2. The maximum atomic E-state index is 8.88. The van der Waals surface area contributed by atoms with E-state index in [0.29, 0.717) is 11.3 Å². The van der Waals surface area contributed by atoms with E-state index in [1.54, 1.807) is 10.7 Å². The minimum Gasteiger partial charge on any atom is -0.396 e. The van der Waals surface area contributed by atoms with Crippen LogP contribution < -0.4 is 11.1 Å². The van der Waals surface area contributed by atoms with Crippen LogP contribution in [-0.4, -0.2) is 16.3 Å². The molecule has 5 nitrogen and oxygen atoms in total. The lowest BCUT2D eigenvalue weighted by Gasteiger charge is -2.09. The highest BCUT2D eigenvalue weighted by Crippen LogP contribution is 2.21. The number of nitriles is 1. The maximum absolute atomic E-state index is 8.88. The van der Waals surface area contributed by atoms with E-state index in [1.165, 1.54) is 0 Å². The molecule has 1 heterocycles. The molecule has 0 aliphatic carbocycles. The molecule has 0 aliphatic heterocycles. The second-order valence-corrected chi connectivity index (χ2v) is 4.04. The number of para-hydroxylation sites is 1. The van der Waals surface area contributed by atoms with Crippen molar-refractivity contribution in [1.82, 2.24) is 9.78 Å². The average molecular weight is 241 g/mol. The molecule has 0 bridgehead atoms. The van der Waals surface area contributed by atoms with Gasteiger partial charge in [0.15, 0.2) is 0 Å². The van der Waals surface area contributed by atoms with Crippen molar-refractivity contribution in [2.45, 2.75) is 6.42 Å². The minimum atomic E-state index is 0.498. The van der Waals surface area contributed by atoms with Crippen LogP contribution in [0.15, 0.2) is 30.5 Å². The molecule has 2 aromatic rings. The maximum Gasteiger partial charge on any atom is 0.101 e. The Kier molecular flexibility index (Phi) is 3.49. The van der Waals surface area contributed by atoms with Gasteiger partial charge in [-0.15, -0.1) is 0 Å². The Morgan fingerprint density at radius 2 is 2.28 bits per heavy atom. The van der Waals surface area contributed by atoms with E-state index in [-0.39, 0.29) is 0 Å². The Morgan fingerprint density at radius 1 is 1.44 bits per heavy atom. The fourth-order valence-electron chi connectivity index (χ4n) is 1.74. The highest BCUT2D eigenvalue weighted by molar-refractivity contribution is 5.72. The van der Waals surface area contributed by atoms with Gasteiger partial charge in [0.1, 0.15) is 6.07 Å². The van der Waals surface area contributed by atoms with Gasteiger partial charge in [0.2, 0.25) is 0 Å². The third kappa shape index (κ3) is 2.61. The van der Waals surface area contributed by atoms with E-state index >= 15 is 0 Å².